The van der Waals surface area contributed by atoms with E-state index < -0.39 is 17.9 Å². The number of aromatic amines is 1. The largest absolute Gasteiger partial charge is 0.334 e. The quantitative estimate of drug-likeness (QED) is 0.809. The summed E-state index contributed by atoms with van der Waals surface area (Å²) in [6.07, 6.45) is 0.510. The van der Waals surface area contributed by atoms with Crippen molar-refractivity contribution in [1.29, 1.82) is 0 Å². The number of H-pyrrole nitrogens is 1. The first-order valence-electron chi connectivity index (χ1n) is 8.27. The molecule has 2 aliphatic rings. The molecule has 1 aromatic carbocycles. The third-order valence-corrected chi connectivity index (χ3v) is 4.88. The summed E-state index contributed by atoms with van der Waals surface area (Å²) in [5.41, 5.74) is 2.78. The van der Waals surface area contributed by atoms with E-state index in [1.807, 2.05) is 31.2 Å². The lowest BCUT2D eigenvalue weighted by Gasteiger charge is -2.43. The summed E-state index contributed by atoms with van der Waals surface area (Å²) in [6, 6.07) is 8.85. The fraction of sp³-hybridized carbons (Fsp3) is 0.333. The minimum atomic E-state index is -0.920. The number of aromatic nitrogens is 2. The van der Waals surface area contributed by atoms with Crippen LogP contribution in [-0.4, -0.2) is 39.2 Å². The van der Waals surface area contributed by atoms with Crippen LogP contribution in [0.5, 0.6) is 0 Å². The maximum Gasteiger partial charge on any atom is 0.238 e. The molecule has 2 amide bonds. The summed E-state index contributed by atoms with van der Waals surface area (Å²) in [7, 11) is 0. The molecule has 0 aliphatic carbocycles. The second-order valence-electron chi connectivity index (χ2n) is 6.53. The van der Waals surface area contributed by atoms with E-state index in [9.17, 15) is 14.4 Å². The van der Waals surface area contributed by atoms with Gasteiger partial charge in [0, 0.05) is 18.3 Å². The molecule has 0 radical (unpaired) electrons. The van der Waals surface area contributed by atoms with Gasteiger partial charge in [-0.1, -0.05) is 24.3 Å². The lowest BCUT2D eigenvalue weighted by Crippen LogP contribution is -2.53. The van der Waals surface area contributed by atoms with Gasteiger partial charge in [0.1, 0.15) is 5.92 Å². The van der Waals surface area contributed by atoms with Gasteiger partial charge in [0.15, 0.2) is 11.6 Å². The summed E-state index contributed by atoms with van der Waals surface area (Å²) in [5, 5.41) is 9.44. The van der Waals surface area contributed by atoms with Gasteiger partial charge in [0.25, 0.3) is 0 Å². The molecular weight excluding hydrogens is 320 g/mol. The molecule has 4 rings (SSSR count). The smallest absolute Gasteiger partial charge is 0.238 e. The maximum atomic E-state index is 12.8. The molecule has 2 aromatic rings. The molecule has 128 valence electrons. The molecule has 2 N–H and O–H groups in total. The number of nitrogens with one attached hydrogen (secondary N) is 2. The zero-order valence-corrected chi connectivity index (χ0v) is 13.8. The van der Waals surface area contributed by atoms with E-state index in [1.165, 1.54) is 0 Å². The molecule has 2 atom stereocenters. The van der Waals surface area contributed by atoms with Gasteiger partial charge < -0.3 is 10.2 Å². The second kappa shape index (κ2) is 5.84. The molecule has 1 saturated heterocycles. The average Bonchev–Trinajstić information content (AvgIpc) is 2.99. The van der Waals surface area contributed by atoms with E-state index in [4.69, 9.17) is 0 Å². The summed E-state index contributed by atoms with van der Waals surface area (Å²) < 4.78 is 0. The van der Waals surface area contributed by atoms with Crippen LogP contribution in [0.25, 0.3) is 0 Å². The van der Waals surface area contributed by atoms with E-state index in [0.29, 0.717) is 12.4 Å². The third kappa shape index (κ3) is 2.61. The van der Waals surface area contributed by atoms with Gasteiger partial charge in [-0.25, -0.2) is 0 Å². The van der Waals surface area contributed by atoms with Crippen molar-refractivity contribution < 1.29 is 14.4 Å². The molecule has 0 spiro atoms. The van der Waals surface area contributed by atoms with Crippen LogP contribution in [0.3, 0.4) is 0 Å². The number of Topliss-reactive ketones (excluding diaryl/α,β-unsaturated/α-hetero) is 1. The lowest BCUT2D eigenvalue weighted by atomic mass is 9.78. The highest BCUT2D eigenvalue weighted by atomic mass is 16.2. The van der Waals surface area contributed by atoms with Gasteiger partial charge in [-0.15, -0.1) is 0 Å². The number of carbonyl (C=O) groups is 3. The Kier molecular flexibility index (Phi) is 3.63. The molecule has 3 heterocycles. The number of amides is 2. The molecule has 1 aromatic heterocycles. The normalized spacial score (nSPS) is 22.4. The number of rotatable bonds is 2. The van der Waals surface area contributed by atoms with E-state index in [1.54, 1.807) is 11.0 Å². The fourth-order valence-corrected chi connectivity index (χ4v) is 3.75. The number of benzene rings is 1. The van der Waals surface area contributed by atoms with Crippen LogP contribution in [-0.2, 0) is 20.8 Å². The van der Waals surface area contributed by atoms with Crippen molar-refractivity contribution in [3.05, 3.63) is 47.2 Å². The molecule has 7 nitrogen and oxygen atoms in total. The number of aryl methyl sites for hydroxylation is 1. The van der Waals surface area contributed by atoms with Gasteiger partial charge in [0.2, 0.25) is 11.8 Å². The summed E-state index contributed by atoms with van der Waals surface area (Å²) >= 11 is 0. The molecular formula is C18H18N4O3. The summed E-state index contributed by atoms with van der Waals surface area (Å²) in [6.45, 7) is 2.35. The Labute approximate surface area is 144 Å². The number of anilines is 1. The van der Waals surface area contributed by atoms with Crippen molar-refractivity contribution in [3.63, 3.8) is 0 Å². The van der Waals surface area contributed by atoms with Gasteiger partial charge in [-0.05, 0) is 24.5 Å². The highest BCUT2D eigenvalue weighted by molar-refractivity contribution is 6.14. The summed E-state index contributed by atoms with van der Waals surface area (Å²) in [4.78, 5) is 39.4. The average molecular weight is 338 g/mol. The van der Waals surface area contributed by atoms with E-state index in [-0.39, 0.29) is 18.1 Å². The van der Waals surface area contributed by atoms with Crippen molar-refractivity contribution in [2.24, 2.45) is 5.92 Å². The number of nitrogens with zero attached hydrogens (tertiary/aromatic N) is 2. The van der Waals surface area contributed by atoms with Crippen molar-refractivity contribution >= 4 is 23.4 Å². The third-order valence-electron chi connectivity index (χ3n) is 4.88. The number of hydrogen-bond donors (Lipinski definition) is 2. The van der Waals surface area contributed by atoms with Crippen molar-refractivity contribution in [3.8, 4) is 0 Å². The molecule has 0 bridgehead atoms. The predicted octanol–water partition coefficient (Wildman–Crippen LogP) is 1.37. The van der Waals surface area contributed by atoms with Crippen LogP contribution in [0, 0.1) is 12.8 Å². The number of hydrogen-bond acceptors (Lipinski definition) is 4. The number of piperidine rings is 1. The minimum Gasteiger partial charge on any atom is -0.334 e. The minimum absolute atomic E-state index is 0.204. The number of fused-ring (bicyclic) bond motifs is 3. The van der Waals surface area contributed by atoms with Crippen molar-refractivity contribution in [1.82, 2.24) is 15.1 Å². The Morgan fingerprint density at radius 1 is 1.32 bits per heavy atom. The van der Waals surface area contributed by atoms with Crippen LogP contribution in [0.1, 0.15) is 29.3 Å². The van der Waals surface area contributed by atoms with Crippen molar-refractivity contribution in [2.45, 2.75) is 25.8 Å². The molecule has 7 heteroatoms. The van der Waals surface area contributed by atoms with E-state index in [2.05, 4.69) is 15.5 Å². The first-order chi connectivity index (χ1) is 12.0. The molecule has 2 unspecified atom stereocenters. The Balaban J connectivity index is 1.71. The van der Waals surface area contributed by atoms with Crippen molar-refractivity contribution in [2.75, 3.05) is 11.9 Å². The lowest BCUT2D eigenvalue weighted by molar-refractivity contribution is -0.150. The molecule has 2 aliphatic heterocycles. The maximum absolute atomic E-state index is 12.8. The molecule has 25 heavy (non-hydrogen) atoms. The highest BCUT2D eigenvalue weighted by Gasteiger charge is 2.47. The van der Waals surface area contributed by atoms with Crippen LogP contribution in [0.2, 0.25) is 0 Å². The van der Waals surface area contributed by atoms with Crippen LogP contribution in [0.4, 0.5) is 5.82 Å². The number of ketones is 1. The Bertz CT molecular complexity index is 873. The molecule has 0 saturated carbocycles. The Morgan fingerprint density at radius 2 is 2.12 bits per heavy atom. The first-order valence-corrected chi connectivity index (χ1v) is 8.27. The van der Waals surface area contributed by atoms with Gasteiger partial charge >= 0.3 is 0 Å². The first kappa shape index (κ1) is 15.6. The van der Waals surface area contributed by atoms with Crippen LogP contribution in [0.15, 0.2) is 30.3 Å². The fourth-order valence-electron chi connectivity index (χ4n) is 3.75. The predicted molar refractivity (Wildman–Crippen MR) is 89.7 cm³/mol. The van der Waals surface area contributed by atoms with E-state index in [0.717, 1.165) is 23.2 Å². The van der Waals surface area contributed by atoms with Gasteiger partial charge in [-0.3, -0.25) is 19.5 Å². The zero-order valence-electron chi connectivity index (χ0n) is 13.8. The second-order valence-corrected chi connectivity index (χ2v) is 6.53. The Morgan fingerprint density at radius 3 is 2.88 bits per heavy atom. The standard InChI is InChI=1S/C18H18N4O3/c1-10-8-14(21-20-10)19-18(25)16-13(23)9-15(24)22-7-6-11-4-2-3-5-12(11)17(16)22/h2-5,8,16-17H,6-7,9H2,1H3,(H2,19,20,21,25). The van der Waals surface area contributed by atoms with Crippen LogP contribution < -0.4 is 5.32 Å². The Hall–Kier alpha value is -2.96. The zero-order chi connectivity index (χ0) is 17.6. The van der Waals surface area contributed by atoms with Gasteiger partial charge in [0.05, 0.1) is 12.5 Å². The van der Waals surface area contributed by atoms with E-state index >= 15 is 0 Å². The summed E-state index contributed by atoms with van der Waals surface area (Å²) in [5.74, 6) is -1.51. The molecule has 1 fully saturated rings. The monoisotopic (exact) mass is 338 g/mol. The number of carbonyl (C=O) groups excluding carboxylic acids is 3. The topological polar surface area (TPSA) is 95.2 Å². The van der Waals surface area contributed by atoms with Crippen LogP contribution >= 0.6 is 0 Å². The van der Waals surface area contributed by atoms with Gasteiger partial charge in [-0.2, -0.15) is 5.10 Å². The highest BCUT2D eigenvalue weighted by Crippen LogP contribution is 2.40. The SMILES string of the molecule is Cc1cc(NC(=O)C2C(=O)CC(=O)N3CCc4ccccc4C23)n[nH]1.